The van der Waals surface area contributed by atoms with Crippen LogP contribution in [-0.4, -0.2) is 37.9 Å². The van der Waals surface area contributed by atoms with E-state index in [1.807, 2.05) is 0 Å². The van der Waals surface area contributed by atoms with Gasteiger partial charge in [0.2, 0.25) is 0 Å². The lowest BCUT2D eigenvalue weighted by Gasteiger charge is -2.40. The molecule has 1 aliphatic carbocycles. The molecule has 106 valence electrons. The van der Waals surface area contributed by atoms with Crippen molar-refractivity contribution in [3.8, 4) is 5.75 Å². The van der Waals surface area contributed by atoms with Crippen LogP contribution in [0.5, 0.6) is 5.75 Å². The second-order valence-electron chi connectivity index (χ2n) is 4.31. The van der Waals surface area contributed by atoms with Gasteiger partial charge in [-0.25, -0.2) is 4.39 Å². The molecular formula is C13H15Cl2FO3. The molecule has 1 aromatic rings. The second-order valence-corrected chi connectivity index (χ2v) is 5.28. The maximum absolute atomic E-state index is 12.9. The molecule has 0 N–H and O–H groups in total. The Kier molecular flexibility index (Phi) is 5.28. The van der Waals surface area contributed by atoms with Crippen LogP contribution in [0.3, 0.4) is 0 Å². The van der Waals surface area contributed by atoms with Gasteiger partial charge in [-0.05, 0) is 18.2 Å². The number of halogens is 3. The molecule has 3 unspecified atom stereocenters. The van der Waals surface area contributed by atoms with E-state index in [1.54, 1.807) is 7.11 Å². The van der Waals surface area contributed by atoms with E-state index >= 15 is 0 Å². The molecule has 0 saturated heterocycles. The van der Waals surface area contributed by atoms with Gasteiger partial charge in [-0.15, -0.1) is 11.6 Å². The summed E-state index contributed by atoms with van der Waals surface area (Å²) in [7, 11) is 1.61. The molecule has 2 rings (SSSR count). The summed E-state index contributed by atoms with van der Waals surface area (Å²) in [6.07, 6.45) is 0.313. The number of methoxy groups -OCH3 is 1. The van der Waals surface area contributed by atoms with Gasteiger partial charge >= 0.3 is 0 Å². The Labute approximate surface area is 121 Å². The summed E-state index contributed by atoms with van der Waals surface area (Å²) < 4.78 is 29.1. The number of hydrogen-bond acceptors (Lipinski definition) is 3. The molecule has 0 bridgehead atoms. The van der Waals surface area contributed by atoms with Gasteiger partial charge in [-0.1, -0.05) is 11.6 Å². The van der Waals surface area contributed by atoms with Gasteiger partial charge in [0, 0.05) is 13.5 Å². The normalized spacial score (nSPS) is 26.0. The first-order chi connectivity index (χ1) is 9.11. The lowest BCUT2D eigenvalue weighted by molar-refractivity contribution is -0.0898. The predicted octanol–water partition coefficient (Wildman–Crippen LogP) is 3.27. The first-order valence-electron chi connectivity index (χ1n) is 5.98. The van der Waals surface area contributed by atoms with Gasteiger partial charge in [-0.3, -0.25) is 0 Å². The van der Waals surface area contributed by atoms with Gasteiger partial charge in [-0.2, -0.15) is 0 Å². The summed E-state index contributed by atoms with van der Waals surface area (Å²) >= 11 is 12.0. The third kappa shape index (κ3) is 3.72. The topological polar surface area (TPSA) is 27.7 Å². The quantitative estimate of drug-likeness (QED) is 0.596. The Morgan fingerprint density at radius 2 is 2.16 bits per heavy atom. The van der Waals surface area contributed by atoms with Crippen LogP contribution in [0, 0.1) is 5.82 Å². The summed E-state index contributed by atoms with van der Waals surface area (Å²) in [4.78, 5) is 0. The van der Waals surface area contributed by atoms with Gasteiger partial charge in [0.25, 0.3) is 0 Å². The van der Waals surface area contributed by atoms with Crippen molar-refractivity contribution in [3.05, 3.63) is 29.0 Å². The maximum Gasteiger partial charge on any atom is 0.138 e. The fourth-order valence-corrected chi connectivity index (χ4v) is 2.48. The molecule has 3 atom stereocenters. The fraction of sp³-hybridized carbons (Fsp3) is 0.538. The third-order valence-electron chi connectivity index (χ3n) is 2.95. The van der Waals surface area contributed by atoms with E-state index in [9.17, 15) is 4.39 Å². The highest BCUT2D eigenvalue weighted by Crippen LogP contribution is 2.35. The van der Waals surface area contributed by atoms with E-state index in [4.69, 9.17) is 37.4 Å². The highest BCUT2D eigenvalue weighted by atomic mass is 35.5. The molecule has 0 radical (unpaired) electrons. The number of ether oxygens (including phenoxy) is 3. The Hall–Kier alpha value is -0.550. The van der Waals surface area contributed by atoms with Crippen molar-refractivity contribution in [2.45, 2.75) is 24.0 Å². The Balaban J connectivity index is 1.91. The molecule has 0 amide bonds. The molecule has 19 heavy (non-hydrogen) atoms. The molecule has 0 spiro atoms. The van der Waals surface area contributed by atoms with Crippen molar-refractivity contribution in [1.82, 2.24) is 0 Å². The molecule has 1 fully saturated rings. The van der Waals surface area contributed by atoms with Gasteiger partial charge < -0.3 is 14.2 Å². The maximum atomic E-state index is 12.9. The van der Waals surface area contributed by atoms with Crippen LogP contribution in [0.15, 0.2) is 18.2 Å². The fourth-order valence-electron chi connectivity index (χ4n) is 1.86. The zero-order valence-corrected chi connectivity index (χ0v) is 12.0. The van der Waals surface area contributed by atoms with Gasteiger partial charge in [0.15, 0.2) is 0 Å². The molecule has 6 heteroatoms. The van der Waals surface area contributed by atoms with Crippen LogP contribution in [0.1, 0.15) is 6.42 Å². The van der Waals surface area contributed by atoms with Crippen molar-refractivity contribution in [2.24, 2.45) is 0 Å². The van der Waals surface area contributed by atoms with Crippen molar-refractivity contribution in [2.75, 3.05) is 20.3 Å². The predicted molar refractivity (Wildman–Crippen MR) is 71.7 cm³/mol. The summed E-state index contributed by atoms with van der Waals surface area (Å²) in [5.74, 6) is 0.0473. The summed E-state index contributed by atoms with van der Waals surface area (Å²) in [6, 6.07) is 4.03. The second kappa shape index (κ2) is 6.75. The first-order valence-corrected chi connectivity index (χ1v) is 6.79. The van der Waals surface area contributed by atoms with Crippen LogP contribution >= 0.6 is 23.2 Å². The average molecular weight is 309 g/mol. The van der Waals surface area contributed by atoms with Crippen LogP contribution < -0.4 is 4.74 Å². The van der Waals surface area contributed by atoms with E-state index in [1.165, 1.54) is 18.2 Å². The first kappa shape index (κ1) is 14.9. The summed E-state index contributed by atoms with van der Waals surface area (Å²) in [5.41, 5.74) is 0. The molecule has 3 nitrogen and oxygen atoms in total. The van der Waals surface area contributed by atoms with Gasteiger partial charge in [0.1, 0.15) is 23.8 Å². The number of rotatable bonds is 6. The average Bonchev–Trinajstić information content (AvgIpc) is 2.37. The zero-order chi connectivity index (χ0) is 13.8. The molecule has 1 saturated carbocycles. The molecule has 0 heterocycles. The van der Waals surface area contributed by atoms with E-state index in [0.717, 1.165) is 0 Å². The van der Waals surface area contributed by atoms with Crippen LogP contribution in [-0.2, 0) is 9.47 Å². The van der Waals surface area contributed by atoms with Crippen molar-refractivity contribution in [3.63, 3.8) is 0 Å². The number of hydrogen-bond donors (Lipinski definition) is 0. The minimum absolute atomic E-state index is 0.0823. The monoisotopic (exact) mass is 308 g/mol. The third-order valence-corrected chi connectivity index (χ3v) is 3.67. The standard InChI is InChI=1S/C13H15Cl2FO3/c1-17-4-5-18-13-10(15)7-12(13)19-11-3-2-8(16)6-9(11)14/h2-3,6,10,12-13H,4-5,7H2,1H3. The largest absolute Gasteiger partial charge is 0.486 e. The number of benzene rings is 1. The van der Waals surface area contributed by atoms with Crippen molar-refractivity contribution in [1.29, 1.82) is 0 Å². The Bertz CT molecular complexity index is 430. The van der Waals surface area contributed by atoms with Crippen LogP contribution in [0.2, 0.25) is 5.02 Å². The molecule has 1 aliphatic rings. The minimum atomic E-state index is -0.394. The Morgan fingerprint density at radius 3 is 2.79 bits per heavy atom. The summed E-state index contributed by atoms with van der Waals surface area (Å²) in [5, 5.41) is 0.162. The minimum Gasteiger partial charge on any atom is -0.486 e. The Morgan fingerprint density at radius 1 is 1.37 bits per heavy atom. The summed E-state index contributed by atoms with van der Waals surface area (Å²) in [6.45, 7) is 0.964. The number of alkyl halides is 1. The smallest absolute Gasteiger partial charge is 0.138 e. The van der Waals surface area contributed by atoms with Crippen molar-refractivity contribution < 1.29 is 18.6 Å². The lowest BCUT2D eigenvalue weighted by atomic mass is 9.91. The molecule has 0 aromatic heterocycles. The van der Waals surface area contributed by atoms with E-state index < -0.39 is 5.82 Å². The SMILES string of the molecule is COCCOC1C(Cl)CC1Oc1ccc(F)cc1Cl. The molecular weight excluding hydrogens is 294 g/mol. The van der Waals surface area contributed by atoms with E-state index in [-0.39, 0.29) is 22.6 Å². The lowest BCUT2D eigenvalue weighted by Crippen LogP contribution is -2.53. The highest BCUT2D eigenvalue weighted by molar-refractivity contribution is 6.32. The van der Waals surface area contributed by atoms with Gasteiger partial charge in [0.05, 0.1) is 23.6 Å². The molecule has 1 aromatic carbocycles. The van der Waals surface area contributed by atoms with Crippen molar-refractivity contribution >= 4 is 23.2 Å². The van der Waals surface area contributed by atoms with Crippen LogP contribution in [0.25, 0.3) is 0 Å². The van der Waals surface area contributed by atoms with Crippen LogP contribution in [0.4, 0.5) is 4.39 Å². The highest BCUT2D eigenvalue weighted by Gasteiger charge is 2.43. The molecule has 0 aliphatic heterocycles. The van der Waals surface area contributed by atoms with E-state index in [0.29, 0.717) is 25.4 Å². The van der Waals surface area contributed by atoms with E-state index in [2.05, 4.69) is 0 Å². The zero-order valence-electron chi connectivity index (χ0n) is 10.4.